The van der Waals surface area contributed by atoms with Gasteiger partial charge in [-0.1, -0.05) is 13.8 Å². The van der Waals surface area contributed by atoms with Crippen LogP contribution in [0.15, 0.2) is 0 Å². The van der Waals surface area contributed by atoms with E-state index in [4.69, 9.17) is 5.11 Å². The Hall–Kier alpha value is -0.370. The Morgan fingerprint density at radius 2 is 2.11 bits per heavy atom. The Labute approximate surface area is 55.9 Å². The van der Waals surface area contributed by atoms with Gasteiger partial charge in [-0.15, -0.1) is 0 Å². The summed E-state index contributed by atoms with van der Waals surface area (Å²) in [5.74, 6) is 0.345. The van der Waals surface area contributed by atoms with E-state index >= 15 is 0 Å². The topological polar surface area (TPSA) is 37.3 Å². The molecule has 2 heteroatoms. The molecule has 0 aliphatic carbocycles. The van der Waals surface area contributed by atoms with Crippen LogP contribution in [0.5, 0.6) is 0 Å². The second kappa shape index (κ2) is 4.50. The fraction of sp³-hybridized carbons (Fsp3) is 0.857. The molecule has 0 saturated heterocycles. The maximum absolute atomic E-state index is 10.1. The first kappa shape index (κ1) is 8.63. The SMILES string of the molecule is CC(C=O)CC(C)CO. The minimum atomic E-state index is 0.0900. The molecule has 0 aromatic rings. The molecule has 0 rings (SSSR count). The van der Waals surface area contributed by atoms with Gasteiger partial charge in [-0.3, -0.25) is 0 Å². The summed E-state index contributed by atoms with van der Waals surface area (Å²) in [6.07, 6.45) is 1.71. The van der Waals surface area contributed by atoms with Crippen molar-refractivity contribution in [3.05, 3.63) is 0 Å². The molecule has 2 atom stereocenters. The van der Waals surface area contributed by atoms with Crippen molar-refractivity contribution in [3.63, 3.8) is 0 Å². The molecular formula is C7H14O2. The first-order valence-corrected chi connectivity index (χ1v) is 3.26. The molecule has 0 saturated carbocycles. The zero-order valence-corrected chi connectivity index (χ0v) is 6.00. The molecule has 2 nitrogen and oxygen atoms in total. The van der Waals surface area contributed by atoms with Crippen LogP contribution < -0.4 is 0 Å². The highest BCUT2D eigenvalue weighted by molar-refractivity contribution is 5.52. The fourth-order valence-electron chi connectivity index (χ4n) is 0.765. The van der Waals surface area contributed by atoms with Gasteiger partial charge in [0, 0.05) is 12.5 Å². The second-order valence-electron chi connectivity index (χ2n) is 2.64. The first-order valence-electron chi connectivity index (χ1n) is 3.26. The van der Waals surface area contributed by atoms with E-state index in [0.29, 0.717) is 0 Å². The number of aliphatic hydroxyl groups is 1. The van der Waals surface area contributed by atoms with Crippen molar-refractivity contribution in [2.75, 3.05) is 6.61 Å². The van der Waals surface area contributed by atoms with Crippen LogP contribution in [0.3, 0.4) is 0 Å². The molecule has 9 heavy (non-hydrogen) atoms. The van der Waals surface area contributed by atoms with Gasteiger partial charge in [0.25, 0.3) is 0 Å². The number of aldehydes is 1. The third kappa shape index (κ3) is 4.15. The molecular weight excluding hydrogens is 116 g/mol. The summed E-state index contributed by atoms with van der Waals surface area (Å²) in [4.78, 5) is 10.1. The number of carbonyl (C=O) groups is 1. The molecule has 0 aliphatic heterocycles. The fourth-order valence-corrected chi connectivity index (χ4v) is 0.765. The van der Waals surface area contributed by atoms with Gasteiger partial charge in [0.2, 0.25) is 0 Å². The van der Waals surface area contributed by atoms with E-state index < -0.39 is 0 Å². The number of hydrogen-bond acceptors (Lipinski definition) is 2. The van der Waals surface area contributed by atoms with Crippen molar-refractivity contribution < 1.29 is 9.90 Å². The number of carbonyl (C=O) groups excluding carboxylic acids is 1. The van der Waals surface area contributed by atoms with Crippen molar-refractivity contribution in [2.45, 2.75) is 20.3 Å². The summed E-state index contributed by atoms with van der Waals surface area (Å²) in [6, 6.07) is 0. The number of rotatable bonds is 4. The second-order valence-corrected chi connectivity index (χ2v) is 2.64. The quantitative estimate of drug-likeness (QED) is 0.572. The highest BCUT2D eigenvalue weighted by atomic mass is 16.3. The molecule has 0 heterocycles. The van der Waals surface area contributed by atoms with Crippen LogP contribution in [0.1, 0.15) is 20.3 Å². The van der Waals surface area contributed by atoms with Gasteiger partial charge >= 0.3 is 0 Å². The zero-order chi connectivity index (χ0) is 7.28. The summed E-state index contributed by atoms with van der Waals surface area (Å²) in [6.45, 7) is 3.97. The van der Waals surface area contributed by atoms with Crippen LogP contribution in [0.4, 0.5) is 0 Å². The molecule has 1 N–H and O–H groups in total. The zero-order valence-electron chi connectivity index (χ0n) is 6.00. The molecule has 0 spiro atoms. The van der Waals surface area contributed by atoms with Crippen LogP contribution in [0.2, 0.25) is 0 Å². The maximum Gasteiger partial charge on any atom is 0.122 e. The molecule has 54 valence electrons. The lowest BCUT2D eigenvalue weighted by Gasteiger charge is -2.08. The summed E-state index contributed by atoms with van der Waals surface area (Å²) in [5, 5.41) is 8.56. The van der Waals surface area contributed by atoms with Crippen molar-refractivity contribution in [3.8, 4) is 0 Å². The van der Waals surface area contributed by atoms with Crippen LogP contribution in [0, 0.1) is 11.8 Å². The van der Waals surface area contributed by atoms with Crippen molar-refractivity contribution in [2.24, 2.45) is 11.8 Å². The first-order chi connectivity index (χ1) is 4.20. The predicted molar refractivity (Wildman–Crippen MR) is 36.1 cm³/mol. The van der Waals surface area contributed by atoms with Gasteiger partial charge in [-0.05, 0) is 12.3 Å². The molecule has 0 aromatic heterocycles. The lowest BCUT2D eigenvalue weighted by atomic mass is 10.00. The molecule has 0 bridgehead atoms. The maximum atomic E-state index is 10.1. The summed E-state index contributed by atoms with van der Waals surface area (Å²) < 4.78 is 0. The average molecular weight is 130 g/mol. The van der Waals surface area contributed by atoms with E-state index in [1.165, 1.54) is 0 Å². The Bertz CT molecular complexity index is 81.0. The van der Waals surface area contributed by atoms with Crippen LogP contribution >= 0.6 is 0 Å². The van der Waals surface area contributed by atoms with Gasteiger partial charge < -0.3 is 9.90 Å². The predicted octanol–water partition coefficient (Wildman–Crippen LogP) is 0.840. The van der Waals surface area contributed by atoms with E-state index in [9.17, 15) is 4.79 Å². The summed E-state index contributed by atoms with van der Waals surface area (Å²) >= 11 is 0. The van der Waals surface area contributed by atoms with E-state index in [1.807, 2.05) is 13.8 Å². The molecule has 0 aliphatic rings. The Morgan fingerprint density at radius 1 is 1.56 bits per heavy atom. The standard InChI is InChI=1S/C7H14O2/c1-6(4-8)3-7(2)5-9/h4,6-7,9H,3,5H2,1-2H3. The lowest BCUT2D eigenvalue weighted by Crippen LogP contribution is -2.07. The van der Waals surface area contributed by atoms with Gasteiger partial charge in [-0.2, -0.15) is 0 Å². The summed E-state index contributed by atoms with van der Waals surface area (Å²) in [5.41, 5.74) is 0. The highest BCUT2D eigenvalue weighted by Crippen LogP contribution is 2.07. The lowest BCUT2D eigenvalue weighted by molar-refractivity contribution is -0.111. The minimum Gasteiger partial charge on any atom is -0.396 e. The Morgan fingerprint density at radius 3 is 2.44 bits per heavy atom. The Kier molecular flexibility index (Phi) is 4.32. The van der Waals surface area contributed by atoms with Crippen LogP contribution in [-0.4, -0.2) is 18.0 Å². The number of aliphatic hydroxyl groups excluding tert-OH is 1. The van der Waals surface area contributed by atoms with Gasteiger partial charge in [0.05, 0.1) is 0 Å². The van der Waals surface area contributed by atoms with Crippen molar-refractivity contribution in [1.29, 1.82) is 0 Å². The van der Waals surface area contributed by atoms with E-state index in [1.54, 1.807) is 0 Å². The van der Waals surface area contributed by atoms with Crippen LogP contribution in [-0.2, 0) is 4.79 Å². The smallest absolute Gasteiger partial charge is 0.122 e. The van der Waals surface area contributed by atoms with E-state index in [0.717, 1.165) is 12.7 Å². The molecule has 2 unspecified atom stereocenters. The normalized spacial score (nSPS) is 16.8. The minimum absolute atomic E-state index is 0.0900. The molecule has 0 radical (unpaired) electrons. The third-order valence-electron chi connectivity index (χ3n) is 1.32. The van der Waals surface area contributed by atoms with Gasteiger partial charge in [0.1, 0.15) is 6.29 Å². The van der Waals surface area contributed by atoms with E-state index in [-0.39, 0.29) is 18.4 Å². The third-order valence-corrected chi connectivity index (χ3v) is 1.32. The highest BCUT2D eigenvalue weighted by Gasteiger charge is 2.05. The van der Waals surface area contributed by atoms with E-state index in [2.05, 4.69) is 0 Å². The molecule has 0 aromatic carbocycles. The van der Waals surface area contributed by atoms with Gasteiger partial charge in [-0.25, -0.2) is 0 Å². The van der Waals surface area contributed by atoms with Gasteiger partial charge in [0.15, 0.2) is 0 Å². The van der Waals surface area contributed by atoms with Crippen LogP contribution in [0.25, 0.3) is 0 Å². The Balaban J connectivity index is 3.33. The molecule has 0 fully saturated rings. The molecule has 0 amide bonds. The average Bonchev–Trinajstić information content (AvgIpc) is 1.87. The monoisotopic (exact) mass is 130 g/mol. The summed E-state index contributed by atoms with van der Waals surface area (Å²) in [7, 11) is 0. The van der Waals surface area contributed by atoms with Crippen molar-refractivity contribution in [1.82, 2.24) is 0 Å². The number of hydrogen-bond donors (Lipinski definition) is 1. The van der Waals surface area contributed by atoms with Crippen molar-refractivity contribution >= 4 is 6.29 Å². The largest absolute Gasteiger partial charge is 0.396 e.